The van der Waals surface area contributed by atoms with Crippen molar-refractivity contribution in [3.05, 3.63) is 0 Å². The van der Waals surface area contributed by atoms with Crippen LogP contribution in [0.1, 0.15) is 53.4 Å². The molecule has 2 rings (SSSR count). The zero-order valence-electron chi connectivity index (χ0n) is 12.2. The fraction of sp³-hybridized carbons (Fsp3) is 1.00. The van der Waals surface area contributed by atoms with Crippen molar-refractivity contribution in [1.29, 1.82) is 0 Å². The number of rotatable bonds is 2. The van der Waals surface area contributed by atoms with Crippen molar-refractivity contribution >= 4 is 0 Å². The molecule has 1 saturated carbocycles. The lowest BCUT2D eigenvalue weighted by molar-refractivity contribution is 0.0756. The van der Waals surface area contributed by atoms with E-state index in [1.165, 1.54) is 51.9 Å². The van der Waals surface area contributed by atoms with E-state index in [1.807, 2.05) is 0 Å². The Morgan fingerprint density at radius 3 is 2.47 bits per heavy atom. The highest BCUT2D eigenvalue weighted by Crippen LogP contribution is 2.41. The summed E-state index contributed by atoms with van der Waals surface area (Å²) in [6.07, 6.45) is 5.64. The van der Waals surface area contributed by atoms with Crippen LogP contribution in [-0.4, -0.2) is 37.1 Å². The number of hydrogen-bond donors (Lipinski definition) is 1. The highest BCUT2D eigenvalue weighted by Gasteiger charge is 2.35. The van der Waals surface area contributed by atoms with Gasteiger partial charge in [-0.15, -0.1) is 0 Å². The predicted octanol–water partition coefficient (Wildman–Crippen LogP) is 2.89. The second-order valence-corrected chi connectivity index (χ2v) is 7.63. The fourth-order valence-electron chi connectivity index (χ4n) is 3.19. The lowest BCUT2D eigenvalue weighted by Crippen LogP contribution is -2.49. The Morgan fingerprint density at radius 2 is 1.94 bits per heavy atom. The topological polar surface area (TPSA) is 15.3 Å². The summed E-state index contributed by atoms with van der Waals surface area (Å²) >= 11 is 0. The minimum Gasteiger partial charge on any atom is -0.312 e. The van der Waals surface area contributed by atoms with Gasteiger partial charge in [0.25, 0.3) is 0 Å². The summed E-state index contributed by atoms with van der Waals surface area (Å²) in [5.74, 6) is 0. The van der Waals surface area contributed by atoms with E-state index < -0.39 is 0 Å². The quantitative estimate of drug-likeness (QED) is 0.796. The van der Waals surface area contributed by atoms with Crippen molar-refractivity contribution in [3.63, 3.8) is 0 Å². The standard InChI is InChI=1S/C15H30N2/c1-14(2,3)13-11-17(10-6-9-16-13)12-15(4)7-5-8-15/h13,16H,5-12H2,1-4H3. The lowest BCUT2D eigenvalue weighted by Gasteiger charge is -2.43. The van der Waals surface area contributed by atoms with Gasteiger partial charge in [-0.25, -0.2) is 0 Å². The zero-order valence-corrected chi connectivity index (χ0v) is 12.2. The Bertz CT molecular complexity index is 250. The molecule has 1 saturated heterocycles. The summed E-state index contributed by atoms with van der Waals surface area (Å²) in [4.78, 5) is 2.72. The third kappa shape index (κ3) is 3.45. The second-order valence-electron chi connectivity index (χ2n) is 7.63. The summed E-state index contributed by atoms with van der Waals surface area (Å²) < 4.78 is 0. The van der Waals surface area contributed by atoms with E-state index in [1.54, 1.807) is 0 Å². The molecule has 2 aliphatic rings. The van der Waals surface area contributed by atoms with Gasteiger partial charge in [0.05, 0.1) is 0 Å². The van der Waals surface area contributed by atoms with Crippen LogP contribution in [0, 0.1) is 10.8 Å². The Morgan fingerprint density at radius 1 is 1.24 bits per heavy atom. The molecule has 17 heavy (non-hydrogen) atoms. The molecule has 1 heterocycles. The van der Waals surface area contributed by atoms with E-state index in [4.69, 9.17) is 0 Å². The van der Waals surface area contributed by atoms with Gasteiger partial charge in [-0.05, 0) is 43.2 Å². The molecule has 1 N–H and O–H groups in total. The van der Waals surface area contributed by atoms with Crippen molar-refractivity contribution in [2.45, 2.75) is 59.4 Å². The van der Waals surface area contributed by atoms with Gasteiger partial charge in [-0.3, -0.25) is 0 Å². The third-order valence-corrected chi connectivity index (χ3v) is 4.69. The summed E-state index contributed by atoms with van der Waals surface area (Å²) in [6.45, 7) is 14.6. The largest absolute Gasteiger partial charge is 0.312 e. The van der Waals surface area contributed by atoms with Gasteiger partial charge in [0, 0.05) is 19.1 Å². The van der Waals surface area contributed by atoms with Crippen LogP contribution >= 0.6 is 0 Å². The van der Waals surface area contributed by atoms with E-state index in [-0.39, 0.29) is 0 Å². The van der Waals surface area contributed by atoms with Crippen molar-refractivity contribution < 1.29 is 0 Å². The highest BCUT2D eigenvalue weighted by molar-refractivity contribution is 4.91. The van der Waals surface area contributed by atoms with Crippen molar-refractivity contribution in [3.8, 4) is 0 Å². The third-order valence-electron chi connectivity index (χ3n) is 4.69. The molecular weight excluding hydrogens is 208 g/mol. The molecule has 2 fully saturated rings. The fourth-order valence-corrected chi connectivity index (χ4v) is 3.19. The van der Waals surface area contributed by atoms with Crippen LogP contribution in [0.15, 0.2) is 0 Å². The zero-order chi connectivity index (χ0) is 12.5. The molecule has 100 valence electrons. The van der Waals surface area contributed by atoms with Gasteiger partial charge in [0.1, 0.15) is 0 Å². The van der Waals surface area contributed by atoms with Crippen LogP contribution in [0.3, 0.4) is 0 Å². The smallest absolute Gasteiger partial charge is 0.0243 e. The van der Waals surface area contributed by atoms with Crippen LogP contribution in [0.25, 0.3) is 0 Å². The summed E-state index contributed by atoms with van der Waals surface area (Å²) in [5.41, 5.74) is 1.01. The number of hydrogen-bond acceptors (Lipinski definition) is 2. The molecule has 1 atom stereocenters. The predicted molar refractivity (Wildman–Crippen MR) is 74.3 cm³/mol. The normalized spacial score (nSPS) is 30.7. The molecule has 1 unspecified atom stereocenters. The molecule has 0 aromatic heterocycles. The summed E-state index contributed by atoms with van der Waals surface area (Å²) in [6, 6.07) is 0.647. The van der Waals surface area contributed by atoms with Crippen LogP contribution < -0.4 is 5.32 Å². The van der Waals surface area contributed by atoms with Crippen molar-refractivity contribution in [2.24, 2.45) is 10.8 Å². The highest BCUT2D eigenvalue weighted by atomic mass is 15.2. The average molecular weight is 238 g/mol. The SMILES string of the molecule is CC1(CN2CCCNC(C(C)(C)C)C2)CCC1. The molecule has 0 spiro atoms. The van der Waals surface area contributed by atoms with E-state index in [9.17, 15) is 0 Å². The van der Waals surface area contributed by atoms with Gasteiger partial charge in [0.2, 0.25) is 0 Å². The van der Waals surface area contributed by atoms with E-state index in [2.05, 4.69) is 37.9 Å². The van der Waals surface area contributed by atoms with Gasteiger partial charge in [0.15, 0.2) is 0 Å². The Labute approximate surface area is 107 Å². The second kappa shape index (κ2) is 4.89. The molecular formula is C15H30N2. The first-order valence-electron chi connectivity index (χ1n) is 7.35. The van der Waals surface area contributed by atoms with Crippen molar-refractivity contribution in [1.82, 2.24) is 10.2 Å². The molecule has 0 aromatic rings. The summed E-state index contributed by atoms with van der Waals surface area (Å²) in [7, 11) is 0. The maximum Gasteiger partial charge on any atom is 0.0243 e. The van der Waals surface area contributed by atoms with E-state index in [0.29, 0.717) is 16.9 Å². The van der Waals surface area contributed by atoms with Crippen LogP contribution in [-0.2, 0) is 0 Å². The molecule has 2 nitrogen and oxygen atoms in total. The van der Waals surface area contributed by atoms with Gasteiger partial charge in [-0.2, -0.15) is 0 Å². The molecule has 0 amide bonds. The molecule has 1 aliphatic heterocycles. The Hall–Kier alpha value is -0.0800. The van der Waals surface area contributed by atoms with E-state index in [0.717, 1.165) is 0 Å². The Balaban J connectivity index is 1.92. The van der Waals surface area contributed by atoms with Gasteiger partial charge >= 0.3 is 0 Å². The monoisotopic (exact) mass is 238 g/mol. The molecule has 2 heteroatoms. The minimum absolute atomic E-state index is 0.378. The molecule has 0 aromatic carbocycles. The maximum atomic E-state index is 3.73. The average Bonchev–Trinajstić information content (AvgIpc) is 2.40. The van der Waals surface area contributed by atoms with E-state index >= 15 is 0 Å². The summed E-state index contributed by atoms with van der Waals surface area (Å²) in [5, 5.41) is 3.73. The number of nitrogens with zero attached hydrogens (tertiary/aromatic N) is 1. The first-order chi connectivity index (χ1) is 7.89. The first-order valence-corrected chi connectivity index (χ1v) is 7.35. The first kappa shape index (κ1) is 13.4. The van der Waals surface area contributed by atoms with Gasteiger partial charge < -0.3 is 10.2 Å². The van der Waals surface area contributed by atoms with Crippen LogP contribution in [0.5, 0.6) is 0 Å². The lowest BCUT2D eigenvalue weighted by atomic mass is 9.70. The molecule has 0 bridgehead atoms. The van der Waals surface area contributed by atoms with Crippen LogP contribution in [0.4, 0.5) is 0 Å². The molecule has 0 radical (unpaired) electrons. The number of nitrogens with one attached hydrogen (secondary N) is 1. The van der Waals surface area contributed by atoms with Crippen LogP contribution in [0.2, 0.25) is 0 Å². The van der Waals surface area contributed by atoms with Crippen molar-refractivity contribution in [2.75, 3.05) is 26.2 Å². The van der Waals surface area contributed by atoms with Gasteiger partial charge in [-0.1, -0.05) is 34.1 Å². The minimum atomic E-state index is 0.378. The molecule has 1 aliphatic carbocycles. The maximum absolute atomic E-state index is 3.73. The Kier molecular flexibility index (Phi) is 3.84.